The van der Waals surface area contributed by atoms with E-state index in [-0.39, 0.29) is 48.5 Å². The lowest BCUT2D eigenvalue weighted by Gasteiger charge is -2.14. The van der Waals surface area contributed by atoms with Crippen LogP contribution in [0.3, 0.4) is 0 Å². The fourth-order valence-electron chi connectivity index (χ4n) is 3.51. The maximum absolute atomic E-state index is 13.2. The zero-order chi connectivity index (χ0) is 22.5. The van der Waals surface area contributed by atoms with Gasteiger partial charge in [-0.25, -0.2) is 4.98 Å². The van der Waals surface area contributed by atoms with Crippen molar-refractivity contribution in [3.8, 4) is 5.75 Å². The van der Waals surface area contributed by atoms with E-state index in [4.69, 9.17) is 4.74 Å². The molecule has 2 aromatic carbocycles. The number of benzene rings is 2. The molecular formula is C24H26N4O4. The van der Waals surface area contributed by atoms with Gasteiger partial charge in [0.05, 0.1) is 23.3 Å². The number of aryl methyl sites for hydroxylation is 1. The highest BCUT2D eigenvalue weighted by Gasteiger charge is 2.23. The molecule has 1 heterocycles. The Hall–Kier alpha value is -3.68. The van der Waals surface area contributed by atoms with Gasteiger partial charge in [-0.3, -0.25) is 19.0 Å². The largest absolute Gasteiger partial charge is 0.492 e. The lowest BCUT2D eigenvalue weighted by atomic mass is 10.2. The molecule has 0 aliphatic heterocycles. The second-order valence-electron chi connectivity index (χ2n) is 7.76. The molecule has 1 fully saturated rings. The number of carbonyl (C=O) groups is 2. The summed E-state index contributed by atoms with van der Waals surface area (Å²) in [5, 5.41) is 5.74. The first-order valence-corrected chi connectivity index (χ1v) is 10.8. The van der Waals surface area contributed by atoms with Crippen molar-refractivity contribution in [3.63, 3.8) is 0 Å². The van der Waals surface area contributed by atoms with Crippen LogP contribution in [0.5, 0.6) is 5.75 Å². The van der Waals surface area contributed by atoms with Crippen molar-refractivity contribution in [2.75, 3.05) is 11.9 Å². The summed E-state index contributed by atoms with van der Waals surface area (Å²) in [6.07, 6.45) is 2.42. The Kier molecular flexibility index (Phi) is 6.49. The van der Waals surface area contributed by atoms with Gasteiger partial charge in [-0.05, 0) is 44.0 Å². The third-order valence-corrected chi connectivity index (χ3v) is 5.21. The van der Waals surface area contributed by atoms with E-state index in [1.54, 1.807) is 36.4 Å². The number of carbonyl (C=O) groups excluding carboxylic acids is 2. The van der Waals surface area contributed by atoms with E-state index < -0.39 is 0 Å². The molecule has 8 nitrogen and oxygen atoms in total. The van der Waals surface area contributed by atoms with E-state index in [1.165, 1.54) is 4.57 Å². The van der Waals surface area contributed by atoms with Gasteiger partial charge in [-0.1, -0.05) is 24.3 Å². The Balaban J connectivity index is 1.56. The molecule has 2 amide bonds. The van der Waals surface area contributed by atoms with E-state index in [1.807, 2.05) is 19.1 Å². The third-order valence-electron chi connectivity index (χ3n) is 5.21. The molecule has 1 aliphatic carbocycles. The number of rotatable bonds is 9. The summed E-state index contributed by atoms with van der Waals surface area (Å²) in [6, 6.07) is 14.6. The van der Waals surface area contributed by atoms with Crippen LogP contribution in [0.25, 0.3) is 11.0 Å². The van der Waals surface area contributed by atoms with Crippen molar-refractivity contribution < 1.29 is 14.3 Å². The summed E-state index contributed by atoms with van der Waals surface area (Å²) < 4.78 is 6.97. The summed E-state index contributed by atoms with van der Waals surface area (Å²) in [7, 11) is 0. The van der Waals surface area contributed by atoms with Crippen LogP contribution in [0.4, 0.5) is 5.69 Å². The molecule has 166 valence electrons. The summed E-state index contributed by atoms with van der Waals surface area (Å²) >= 11 is 0. The number of nitrogens with one attached hydrogen (secondary N) is 2. The van der Waals surface area contributed by atoms with Gasteiger partial charge in [-0.15, -0.1) is 0 Å². The molecule has 0 bridgehead atoms. The second-order valence-corrected chi connectivity index (χ2v) is 7.76. The minimum Gasteiger partial charge on any atom is -0.492 e. The number of ether oxygens (including phenoxy) is 1. The summed E-state index contributed by atoms with van der Waals surface area (Å²) in [5.41, 5.74) is 1.63. The molecule has 3 aromatic rings. The van der Waals surface area contributed by atoms with E-state index in [0.29, 0.717) is 29.1 Å². The molecule has 2 N–H and O–H groups in total. The van der Waals surface area contributed by atoms with Gasteiger partial charge < -0.3 is 15.4 Å². The van der Waals surface area contributed by atoms with Crippen molar-refractivity contribution in [2.24, 2.45) is 0 Å². The van der Waals surface area contributed by atoms with Crippen molar-refractivity contribution in [1.82, 2.24) is 14.9 Å². The van der Waals surface area contributed by atoms with Crippen LogP contribution in [0.1, 0.15) is 31.9 Å². The van der Waals surface area contributed by atoms with Crippen molar-refractivity contribution in [3.05, 3.63) is 64.6 Å². The number of amides is 2. The van der Waals surface area contributed by atoms with E-state index in [9.17, 15) is 14.4 Å². The van der Waals surface area contributed by atoms with Crippen LogP contribution >= 0.6 is 0 Å². The molecule has 1 aliphatic rings. The Morgan fingerprint density at radius 2 is 1.84 bits per heavy atom. The van der Waals surface area contributed by atoms with E-state index in [2.05, 4.69) is 15.6 Å². The predicted octanol–water partition coefficient (Wildman–Crippen LogP) is 2.65. The highest BCUT2D eigenvalue weighted by Crippen LogP contribution is 2.23. The first kappa shape index (κ1) is 21.5. The molecule has 1 aromatic heterocycles. The second kappa shape index (κ2) is 9.64. The molecule has 8 heteroatoms. The highest BCUT2D eigenvalue weighted by atomic mass is 16.5. The monoisotopic (exact) mass is 434 g/mol. The SMILES string of the molecule is CCOc1ccccc1NC(=O)Cn1c(=O)c(CCC(=O)NC2CC2)nc2ccccc21. The lowest BCUT2D eigenvalue weighted by molar-refractivity contribution is -0.121. The average molecular weight is 434 g/mol. The van der Waals surface area contributed by atoms with Crippen molar-refractivity contribution >= 4 is 28.5 Å². The molecule has 4 rings (SSSR count). The Morgan fingerprint density at radius 3 is 2.62 bits per heavy atom. The van der Waals surface area contributed by atoms with Crippen LogP contribution in [0, 0.1) is 0 Å². The van der Waals surface area contributed by atoms with Gasteiger partial charge in [-0.2, -0.15) is 0 Å². The summed E-state index contributed by atoms with van der Waals surface area (Å²) in [4.78, 5) is 42.5. The standard InChI is InChI=1S/C24H26N4O4/c1-2-32-21-10-6-4-8-18(21)27-23(30)15-28-20-9-5-3-7-17(20)26-19(24(28)31)13-14-22(29)25-16-11-12-16/h3-10,16H,2,11-15H2,1H3,(H,25,29)(H,27,30). The molecule has 0 saturated heterocycles. The third kappa shape index (κ3) is 5.14. The quantitative estimate of drug-likeness (QED) is 0.539. The highest BCUT2D eigenvalue weighted by molar-refractivity contribution is 5.93. The van der Waals surface area contributed by atoms with Crippen molar-refractivity contribution in [1.29, 1.82) is 0 Å². The normalized spacial score (nSPS) is 13.0. The number of para-hydroxylation sites is 4. The zero-order valence-electron chi connectivity index (χ0n) is 18.0. The maximum atomic E-state index is 13.2. The number of hydrogen-bond donors (Lipinski definition) is 2. The Morgan fingerprint density at radius 1 is 1.09 bits per heavy atom. The fourth-order valence-corrected chi connectivity index (χ4v) is 3.51. The van der Waals surface area contributed by atoms with Gasteiger partial charge in [0.2, 0.25) is 11.8 Å². The predicted molar refractivity (Wildman–Crippen MR) is 122 cm³/mol. The van der Waals surface area contributed by atoms with E-state index >= 15 is 0 Å². The molecule has 1 saturated carbocycles. The van der Waals surface area contributed by atoms with Gasteiger partial charge in [0.15, 0.2) is 0 Å². The minimum absolute atomic E-state index is 0.0846. The number of fused-ring (bicyclic) bond motifs is 1. The fraction of sp³-hybridized carbons (Fsp3) is 0.333. The molecule has 0 radical (unpaired) electrons. The molecule has 32 heavy (non-hydrogen) atoms. The summed E-state index contributed by atoms with van der Waals surface area (Å²) in [6.45, 7) is 2.16. The van der Waals surface area contributed by atoms with Crippen LogP contribution in [-0.4, -0.2) is 34.0 Å². The topological polar surface area (TPSA) is 102 Å². The lowest BCUT2D eigenvalue weighted by Crippen LogP contribution is -2.32. The van der Waals surface area contributed by atoms with Gasteiger partial charge in [0.1, 0.15) is 18.0 Å². The van der Waals surface area contributed by atoms with Crippen LogP contribution in [0.2, 0.25) is 0 Å². The first-order chi connectivity index (χ1) is 15.5. The number of anilines is 1. The number of nitrogens with zero attached hydrogens (tertiary/aromatic N) is 2. The zero-order valence-corrected chi connectivity index (χ0v) is 18.0. The van der Waals surface area contributed by atoms with Crippen molar-refractivity contribution in [2.45, 2.75) is 45.2 Å². The average Bonchev–Trinajstić information content (AvgIpc) is 3.60. The number of hydrogen-bond acceptors (Lipinski definition) is 5. The molecule has 0 unspecified atom stereocenters. The molecule has 0 atom stereocenters. The molecular weight excluding hydrogens is 408 g/mol. The molecule has 0 spiro atoms. The van der Waals surface area contributed by atoms with Crippen LogP contribution < -0.4 is 20.9 Å². The minimum atomic E-state index is -0.365. The Labute approximate surface area is 185 Å². The number of aromatic nitrogens is 2. The Bertz CT molecular complexity index is 1200. The van der Waals surface area contributed by atoms with Gasteiger partial charge in [0.25, 0.3) is 5.56 Å². The van der Waals surface area contributed by atoms with Gasteiger partial charge in [0, 0.05) is 18.9 Å². The van der Waals surface area contributed by atoms with Gasteiger partial charge >= 0.3 is 0 Å². The van der Waals surface area contributed by atoms with E-state index in [0.717, 1.165) is 12.8 Å². The summed E-state index contributed by atoms with van der Waals surface area (Å²) in [5.74, 6) is 0.129. The maximum Gasteiger partial charge on any atom is 0.273 e. The first-order valence-electron chi connectivity index (χ1n) is 10.8. The van der Waals surface area contributed by atoms with Crippen LogP contribution in [-0.2, 0) is 22.6 Å². The van der Waals surface area contributed by atoms with Crippen LogP contribution in [0.15, 0.2) is 53.3 Å². The smallest absolute Gasteiger partial charge is 0.273 e.